The van der Waals surface area contributed by atoms with Crippen molar-refractivity contribution in [3.05, 3.63) is 48.4 Å². The average molecular weight is 231 g/mol. The Morgan fingerprint density at radius 1 is 1.12 bits per heavy atom. The summed E-state index contributed by atoms with van der Waals surface area (Å²) < 4.78 is 0. The molecule has 0 radical (unpaired) electrons. The fourth-order valence-electron chi connectivity index (χ4n) is 1.17. The summed E-state index contributed by atoms with van der Waals surface area (Å²) in [6, 6.07) is 9.63. The van der Waals surface area contributed by atoms with E-state index in [0.717, 1.165) is 4.90 Å². The maximum Gasteiger partial charge on any atom is 0.270 e. The summed E-state index contributed by atoms with van der Waals surface area (Å²) in [6.45, 7) is 0. The van der Waals surface area contributed by atoms with Gasteiger partial charge in [0.25, 0.3) is 5.91 Å². The van der Waals surface area contributed by atoms with Crippen molar-refractivity contribution in [2.24, 2.45) is 5.73 Å². The van der Waals surface area contributed by atoms with Gasteiger partial charge >= 0.3 is 0 Å². The van der Waals surface area contributed by atoms with Gasteiger partial charge in [-0.2, -0.15) is 0 Å². The van der Waals surface area contributed by atoms with Crippen LogP contribution < -0.4 is 5.73 Å². The quantitative estimate of drug-likeness (QED) is 0.873. The number of rotatable bonds is 3. The average Bonchev–Trinajstić information content (AvgIpc) is 2.31. The van der Waals surface area contributed by atoms with Crippen molar-refractivity contribution >= 4 is 17.7 Å². The lowest BCUT2D eigenvalue weighted by molar-refractivity contribution is 0.0991. The second-order valence-corrected chi connectivity index (χ2v) is 4.05. The van der Waals surface area contributed by atoms with Crippen molar-refractivity contribution in [3.8, 4) is 0 Å². The molecule has 0 spiro atoms. The molecule has 0 saturated heterocycles. The molecule has 1 amide bonds. The minimum Gasteiger partial charge on any atom is -0.364 e. The van der Waals surface area contributed by atoms with Crippen LogP contribution in [-0.4, -0.2) is 15.9 Å². The SMILES string of the molecule is NC(=O)c1nccnc1Sc1ccccc1. The van der Waals surface area contributed by atoms with Crippen LogP contribution in [0.25, 0.3) is 0 Å². The van der Waals surface area contributed by atoms with Gasteiger partial charge in [0, 0.05) is 17.3 Å². The molecule has 0 fully saturated rings. The third-order valence-electron chi connectivity index (χ3n) is 1.86. The largest absolute Gasteiger partial charge is 0.364 e. The summed E-state index contributed by atoms with van der Waals surface area (Å²) in [4.78, 5) is 20.1. The van der Waals surface area contributed by atoms with Crippen LogP contribution in [0, 0.1) is 0 Å². The number of amides is 1. The zero-order valence-corrected chi connectivity index (χ0v) is 9.15. The highest BCUT2D eigenvalue weighted by molar-refractivity contribution is 7.99. The van der Waals surface area contributed by atoms with Crippen LogP contribution in [0.3, 0.4) is 0 Å². The molecular weight excluding hydrogens is 222 g/mol. The van der Waals surface area contributed by atoms with Crippen LogP contribution in [0.2, 0.25) is 0 Å². The Morgan fingerprint density at radius 2 is 1.81 bits per heavy atom. The maximum atomic E-state index is 11.1. The van der Waals surface area contributed by atoms with Crippen molar-refractivity contribution in [1.29, 1.82) is 0 Å². The van der Waals surface area contributed by atoms with E-state index in [1.807, 2.05) is 30.3 Å². The molecule has 4 nitrogen and oxygen atoms in total. The van der Waals surface area contributed by atoms with Gasteiger partial charge < -0.3 is 5.73 Å². The highest BCUT2D eigenvalue weighted by atomic mass is 32.2. The lowest BCUT2D eigenvalue weighted by Gasteiger charge is -2.03. The summed E-state index contributed by atoms with van der Waals surface area (Å²) in [5.74, 6) is -0.563. The zero-order valence-electron chi connectivity index (χ0n) is 8.33. The topological polar surface area (TPSA) is 68.9 Å². The Bertz CT molecular complexity index is 502. The normalized spacial score (nSPS) is 10.0. The molecule has 1 heterocycles. The van der Waals surface area contributed by atoms with E-state index in [4.69, 9.17) is 5.73 Å². The second-order valence-electron chi connectivity index (χ2n) is 2.99. The summed E-state index contributed by atoms with van der Waals surface area (Å²) in [5, 5.41) is 0.529. The zero-order chi connectivity index (χ0) is 11.4. The fourth-order valence-corrected chi connectivity index (χ4v) is 2.05. The van der Waals surface area contributed by atoms with Gasteiger partial charge in [0.1, 0.15) is 5.03 Å². The van der Waals surface area contributed by atoms with Gasteiger partial charge in [0.15, 0.2) is 5.69 Å². The predicted molar refractivity (Wildman–Crippen MR) is 61.1 cm³/mol. The molecule has 2 aromatic rings. The first-order valence-corrected chi connectivity index (χ1v) is 5.43. The highest BCUT2D eigenvalue weighted by Gasteiger charge is 2.11. The Hall–Kier alpha value is -1.88. The minimum absolute atomic E-state index is 0.205. The van der Waals surface area contributed by atoms with Crippen molar-refractivity contribution in [2.45, 2.75) is 9.92 Å². The van der Waals surface area contributed by atoms with Gasteiger partial charge in [0.2, 0.25) is 0 Å². The van der Waals surface area contributed by atoms with Crippen molar-refractivity contribution in [1.82, 2.24) is 9.97 Å². The van der Waals surface area contributed by atoms with Gasteiger partial charge in [-0.05, 0) is 12.1 Å². The summed E-state index contributed by atoms with van der Waals surface area (Å²) in [7, 11) is 0. The number of hydrogen-bond acceptors (Lipinski definition) is 4. The molecule has 80 valence electrons. The van der Waals surface area contributed by atoms with Crippen LogP contribution >= 0.6 is 11.8 Å². The maximum absolute atomic E-state index is 11.1. The number of hydrogen-bond donors (Lipinski definition) is 1. The van der Waals surface area contributed by atoms with E-state index in [9.17, 15) is 4.79 Å². The van der Waals surface area contributed by atoms with E-state index in [2.05, 4.69) is 9.97 Å². The molecule has 0 aliphatic carbocycles. The van der Waals surface area contributed by atoms with Gasteiger partial charge in [-0.25, -0.2) is 9.97 Å². The highest BCUT2D eigenvalue weighted by Crippen LogP contribution is 2.26. The lowest BCUT2D eigenvalue weighted by Crippen LogP contribution is -2.14. The molecule has 0 saturated carbocycles. The van der Waals surface area contributed by atoms with Crippen LogP contribution in [0.15, 0.2) is 52.6 Å². The molecule has 5 heteroatoms. The number of nitrogens with two attached hydrogens (primary N) is 1. The van der Waals surface area contributed by atoms with Gasteiger partial charge in [-0.3, -0.25) is 4.79 Å². The Kier molecular flexibility index (Phi) is 3.16. The molecule has 0 aliphatic rings. The number of primary amides is 1. The number of benzene rings is 1. The van der Waals surface area contributed by atoms with E-state index in [1.54, 1.807) is 0 Å². The molecule has 0 bridgehead atoms. The standard InChI is InChI=1S/C11H9N3OS/c12-10(15)9-11(14-7-6-13-9)16-8-4-2-1-3-5-8/h1-7H,(H2,12,15). The first-order chi connectivity index (χ1) is 7.77. The molecule has 16 heavy (non-hydrogen) atoms. The fraction of sp³-hybridized carbons (Fsp3) is 0. The van der Waals surface area contributed by atoms with E-state index in [0.29, 0.717) is 5.03 Å². The van der Waals surface area contributed by atoms with E-state index in [1.165, 1.54) is 24.2 Å². The molecule has 2 N–H and O–H groups in total. The number of carbonyl (C=O) groups is 1. The predicted octanol–water partition coefficient (Wildman–Crippen LogP) is 1.73. The van der Waals surface area contributed by atoms with E-state index < -0.39 is 5.91 Å². The summed E-state index contributed by atoms with van der Waals surface area (Å²) in [5.41, 5.74) is 5.42. The smallest absolute Gasteiger partial charge is 0.270 e. The molecule has 2 rings (SSSR count). The van der Waals surface area contributed by atoms with Gasteiger partial charge in [0.05, 0.1) is 0 Å². The number of nitrogens with zero attached hydrogens (tertiary/aromatic N) is 2. The number of aromatic nitrogens is 2. The molecule has 1 aromatic heterocycles. The van der Waals surface area contributed by atoms with E-state index >= 15 is 0 Å². The molecule has 0 unspecified atom stereocenters. The Labute approximate surface area is 96.9 Å². The van der Waals surface area contributed by atoms with Crippen LogP contribution in [0.4, 0.5) is 0 Å². The van der Waals surface area contributed by atoms with Crippen LogP contribution in [0.1, 0.15) is 10.5 Å². The second kappa shape index (κ2) is 4.76. The van der Waals surface area contributed by atoms with E-state index in [-0.39, 0.29) is 5.69 Å². The van der Waals surface area contributed by atoms with Crippen LogP contribution in [0.5, 0.6) is 0 Å². The first kappa shape index (κ1) is 10.6. The van der Waals surface area contributed by atoms with Gasteiger partial charge in [-0.15, -0.1) is 0 Å². The molecule has 0 atom stereocenters. The van der Waals surface area contributed by atoms with Crippen molar-refractivity contribution < 1.29 is 4.79 Å². The van der Waals surface area contributed by atoms with Crippen LogP contribution in [-0.2, 0) is 0 Å². The Morgan fingerprint density at radius 3 is 2.50 bits per heavy atom. The molecule has 1 aromatic carbocycles. The molecular formula is C11H9N3OS. The van der Waals surface area contributed by atoms with Crippen molar-refractivity contribution in [3.63, 3.8) is 0 Å². The lowest BCUT2D eigenvalue weighted by atomic mass is 10.4. The first-order valence-electron chi connectivity index (χ1n) is 4.61. The summed E-state index contributed by atoms with van der Waals surface area (Å²) in [6.07, 6.45) is 2.99. The monoisotopic (exact) mass is 231 g/mol. The Balaban J connectivity index is 2.31. The molecule has 0 aliphatic heterocycles. The third-order valence-corrected chi connectivity index (χ3v) is 2.86. The van der Waals surface area contributed by atoms with Crippen molar-refractivity contribution in [2.75, 3.05) is 0 Å². The van der Waals surface area contributed by atoms with Gasteiger partial charge in [-0.1, -0.05) is 30.0 Å². The summed E-state index contributed by atoms with van der Waals surface area (Å²) >= 11 is 1.37. The minimum atomic E-state index is -0.563. The number of carbonyl (C=O) groups excluding carboxylic acids is 1. The third kappa shape index (κ3) is 2.38.